The summed E-state index contributed by atoms with van der Waals surface area (Å²) in [5.41, 5.74) is 0.228. The Kier molecular flexibility index (Phi) is 3.74. The van der Waals surface area contributed by atoms with E-state index in [0.717, 1.165) is 25.1 Å². The number of benzene rings is 1. The minimum atomic E-state index is -0.342. The van der Waals surface area contributed by atoms with Gasteiger partial charge in [-0.15, -0.1) is 0 Å². The molecule has 1 aromatic rings. The molecule has 1 aromatic carbocycles. The van der Waals surface area contributed by atoms with Crippen molar-refractivity contribution < 1.29 is 9.13 Å². The number of morpholine rings is 1. The van der Waals surface area contributed by atoms with Crippen LogP contribution in [0.15, 0.2) is 24.3 Å². The number of ether oxygens (including phenoxy) is 1. The van der Waals surface area contributed by atoms with Gasteiger partial charge in [-0.25, -0.2) is 4.39 Å². The normalized spacial score (nSPS) is 32.4. The second kappa shape index (κ2) is 4.98. The van der Waals surface area contributed by atoms with Crippen LogP contribution in [0.2, 0.25) is 0 Å². The van der Waals surface area contributed by atoms with Gasteiger partial charge in [0.05, 0.1) is 11.2 Å². The molecule has 2 unspecified atom stereocenters. The standard InChI is InChI=1S/C15H22FNO/c1-4-14(2)10-17-11-15(3,18-14)9-12-7-5-6-8-13(12)16/h5-8,17H,4,9-11H2,1-3H3. The highest BCUT2D eigenvalue weighted by atomic mass is 19.1. The third-order valence-electron chi connectivity index (χ3n) is 3.76. The predicted octanol–water partition coefficient (Wildman–Crippen LogP) is 2.92. The highest BCUT2D eigenvalue weighted by Crippen LogP contribution is 2.30. The average Bonchev–Trinajstić information content (AvgIpc) is 2.32. The van der Waals surface area contributed by atoms with Gasteiger partial charge in [-0.1, -0.05) is 25.1 Å². The quantitative estimate of drug-likeness (QED) is 0.892. The SMILES string of the molecule is CCC1(C)CNCC(C)(Cc2ccccc2F)O1. The maximum Gasteiger partial charge on any atom is 0.126 e. The Morgan fingerprint density at radius 2 is 1.89 bits per heavy atom. The molecule has 0 radical (unpaired) electrons. The van der Waals surface area contributed by atoms with Crippen LogP contribution < -0.4 is 5.32 Å². The summed E-state index contributed by atoms with van der Waals surface area (Å²) in [5, 5.41) is 3.41. The molecule has 1 aliphatic rings. The molecule has 18 heavy (non-hydrogen) atoms. The Hall–Kier alpha value is -0.930. The molecule has 0 saturated carbocycles. The topological polar surface area (TPSA) is 21.3 Å². The largest absolute Gasteiger partial charge is 0.366 e. The molecule has 1 heterocycles. The minimum absolute atomic E-state index is 0.147. The molecule has 3 heteroatoms. The maximum atomic E-state index is 13.7. The summed E-state index contributed by atoms with van der Waals surface area (Å²) in [5.74, 6) is -0.147. The second-order valence-electron chi connectivity index (χ2n) is 5.73. The molecular formula is C15H22FNO. The summed E-state index contributed by atoms with van der Waals surface area (Å²) in [6.45, 7) is 7.90. The molecule has 1 fully saturated rings. The molecule has 0 bridgehead atoms. The van der Waals surface area contributed by atoms with Gasteiger partial charge in [-0.3, -0.25) is 0 Å². The number of nitrogens with one attached hydrogen (secondary N) is 1. The van der Waals surface area contributed by atoms with Crippen LogP contribution in [0.4, 0.5) is 4.39 Å². The van der Waals surface area contributed by atoms with Crippen molar-refractivity contribution in [1.82, 2.24) is 5.32 Å². The van der Waals surface area contributed by atoms with Crippen molar-refractivity contribution in [2.24, 2.45) is 0 Å². The summed E-state index contributed by atoms with van der Waals surface area (Å²) in [6, 6.07) is 6.93. The van der Waals surface area contributed by atoms with Crippen LogP contribution in [-0.4, -0.2) is 24.3 Å². The van der Waals surface area contributed by atoms with Crippen molar-refractivity contribution >= 4 is 0 Å². The Labute approximate surface area is 109 Å². The van der Waals surface area contributed by atoms with Gasteiger partial charge in [0.15, 0.2) is 0 Å². The van der Waals surface area contributed by atoms with Crippen LogP contribution in [0.1, 0.15) is 32.8 Å². The Morgan fingerprint density at radius 1 is 1.22 bits per heavy atom. The fourth-order valence-corrected chi connectivity index (χ4v) is 2.60. The van der Waals surface area contributed by atoms with Crippen molar-refractivity contribution in [3.05, 3.63) is 35.6 Å². The lowest BCUT2D eigenvalue weighted by molar-refractivity contribution is -0.162. The molecule has 0 aliphatic carbocycles. The van der Waals surface area contributed by atoms with E-state index < -0.39 is 0 Å². The van der Waals surface area contributed by atoms with Crippen LogP contribution >= 0.6 is 0 Å². The molecule has 0 amide bonds. The minimum Gasteiger partial charge on any atom is -0.366 e. The van der Waals surface area contributed by atoms with Crippen LogP contribution in [0.3, 0.4) is 0 Å². The molecule has 2 nitrogen and oxygen atoms in total. The van der Waals surface area contributed by atoms with E-state index in [2.05, 4.69) is 26.1 Å². The van der Waals surface area contributed by atoms with Crippen LogP contribution in [0.5, 0.6) is 0 Å². The van der Waals surface area contributed by atoms with E-state index in [4.69, 9.17) is 4.74 Å². The second-order valence-corrected chi connectivity index (χ2v) is 5.73. The molecule has 1 saturated heterocycles. The van der Waals surface area contributed by atoms with Gasteiger partial charge in [0.25, 0.3) is 0 Å². The van der Waals surface area contributed by atoms with E-state index in [1.807, 2.05) is 12.1 Å². The lowest BCUT2D eigenvalue weighted by Crippen LogP contribution is -2.58. The molecule has 0 aromatic heterocycles. The highest BCUT2D eigenvalue weighted by molar-refractivity contribution is 5.20. The number of rotatable bonds is 3. The van der Waals surface area contributed by atoms with Gasteiger partial charge in [0.1, 0.15) is 5.82 Å². The van der Waals surface area contributed by atoms with E-state index in [1.165, 1.54) is 6.07 Å². The monoisotopic (exact) mass is 251 g/mol. The summed E-state index contributed by atoms with van der Waals surface area (Å²) in [6.07, 6.45) is 1.55. The van der Waals surface area contributed by atoms with E-state index in [-0.39, 0.29) is 17.0 Å². The summed E-state index contributed by atoms with van der Waals surface area (Å²) in [4.78, 5) is 0. The molecule has 2 atom stereocenters. The molecule has 100 valence electrons. The molecule has 1 aliphatic heterocycles. The van der Waals surface area contributed by atoms with Gasteiger partial charge >= 0.3 is 0 Å². The van der Waals surface area contributed by atoms with E-state index in [1.54, 1.807) is 6.07 Å². The first-order valence-corrected chi connectivity index (χ1v) is 6.61. The maximum absolute atomic E-state index is 13.7. The van der Waals surface area contributed by atoms with E-state index in [0.29, 0.717) is 6.42 Å². The zero-order chi connectivity index (χ0) is 13.2. The van der Waals surface area contributed by atoms with Gasteiger partial charge in [-0.05, 0) is 31.9 Å². The third-order valence-corrected chi connectivity index (χ3v) is 3.76. The zero-order valence-electron chi connectivity index (χ0n) is 11.4. The third kappa shape index (κ3) is 2.90. The molecule has 1 N–H and O–H groups in total. The number of hydrogen-bond donors (Lipinski definition) is 1. The Bertz CT molecular complexity index is 423. The van der Waals surface area contributed by atoms with Crippen molar-refractivity contribution in [2.45, 2.75) is 44.8 Å². The van der Waals surface area contributed by atoms with Crippen LogP contribution in [0.25, 0.3) is 0 Å². The van der Waals surface area contributed by atoms with E-state index >= 15 is 0 Å². The first-order chi connectivity index (χ1) is 8.46. The average molecular weight is 251 g/mol. The van der Waals surface area contributed by atoms with E-state index in [9.17, 15) is 4.39 Å². The van der Waals surface area contributed by atoms with Crippen LogP contribution in [0, 0.1) is 5.82 Å². The molecule has 2 rings (SSSR count). The predicted molar refractivity (Wildman–Crippen MR) is 71.2 cm³/mol. The van der Waals surface area contributed by atoms with Gasteiger partial charge < -0.3 is 10.1 Å². The van der Waals surface area contributed by atoms with Crippen molar-refractivity contribution in [3.63, 3.8) is 0 Å². The summed E-state index contributed by atoms with van der Waals surface area (Å²) >= 11 is 0. The fraction of sp³-hybridized carbons (Fsp3) is 0.600. The first kappa shape index (κ1) is 13.5. The molecular weight excluding hydrogens is 229 g/mol. The Morgan fingerprint density at radius 3 is 2.56 bits per heavy atom. The fourth-order valence-electron chi connectivity index (χ4n) is 2.60. The van der Waals surface area contributed by atoms with Crippen molar-refractivity contribution in [1.29, 1.82) is 0 Å². The lowest BCUT2D eigenvalue weighted by Gasteiger charge is -2.45. The lowest BCUT2D eigenvalue weighted by atomic mass is 9.90. The van der Waals surface area contributed by atoms with Crippen molar-refractivity contribution in [3.8, 4) is 0 Å². The van der Waals surface area contributed by atoms with Gasteiger partial charge in [0.2, 0.25) is 0 Å². The highest BCUT2D eigenvalue weighted by Gasteiger charge is 2.39. The zero-order valence-corrected chi connectivity index (χ0v) is 11.4. The summed E-state index contributed by atoms with van der Waals surface area (Å²) in [7, 11) is 0. The first-order valence-electron chi connectivity index (χ1n) is 6.61. The van der Waals surface area contributed by atoms with Crippen molar-refractivity contribution in [2.75, 3.05) is 13.1 Å². The van der Waals surface area contributed by atoms with Gasteiger partial charge in [0, 0.05) is 19.5 Å². The Balaban J connectivity index is 2.15. The van der Waals surface area contributed by atoms with Gasteiger partial charge in [-0.2, -0.15) is 0 Å². The smallest absolute Gasteiger partial charge is 0.126 e. The summed E-state index contributed by atoms with van der Waals surface area (Å²) < 4.78 is 20.0. The van der Waals surface area contributed by atoms with Crippen LogP contribution in [-0.2, 0) is 11.2 Å². The number of halogens is 1. The molecule has 0 spiro atoms. The number of hydrogen-bond acceptors (Lipinski definition) is 2.